The highest BCUT2D eigenvalue weighted by Gasteiger charge is 2.23. The first kappa shape index (κ1) is 21.1. The average Bonchev–Trinajstić information content (AvgIpc) is 3.16. The van der Waals surface area contributed by atoms with Crippen molar-refractivity contribution in [3.05, 3.63) is 35.6 Å². The van der Waals surface area contributed by atoms with Crippen molar-refractivity contribution in [2.45, 2.75) is 65.5 Å². The van der Waals surface area contributed by atoms with Crippen LogP contribution in [-0.4, -0.2) is 46.8 Å². The molecule has 0 atom stereocenters. The Kier molecular flexibility index (Phi) is 6.71. The van der Waals surface area contributed by atoms with Crippen LogP contribution in [0.4, 0.5) is 5.82 Å². The van der Waals surface area contributed by atoms with Crippen molar-refractivity contribution < 1.29 is 4.52 Å². The maximum absolute atomic E-state index is 5.35. The summed E-state index contributed by atoms with van der Waals surface area (Å²) < 4.78 is 5.35. The Hall–Kier alpha value is -2.64. The third kappa shape index (κ3) is 5.92. The lowest BCUT2D eigenvalue weighted by Gasteiger charge is -2.34. The highest BCUT2D eigenvalue weighted by molar-refractivity contribution is 5.80. The van der Waals surface area contributed by atoms with Crippen molar-refractivity contribution in [3.63, 3.8) is 0 Å². The first-order valence-electron chi connectivity index (χ1n) is 10.4. The van der Waals surface area contributed by atoms with Crippen LogP contribution >= 0.6 is 0 Å². The van der Waals surface area contributed by atoms with Gasteiger partial charge < -0.3 is 20.1 Å². The van der Waals surface area contributed by atoms with Crippen LogP contribution in [0.15, 0.2) is 27.7 Å². The fourth-order valence-electron chi connectivity index (χ4n) is 3.24. The number of nitrogens with one attached hydrogen (secondary N) is 2. The Bertz CT molecular complexity index is 816. The lowest BCUT2D eigenvalue weighted by molar-refractivity contribution is 0.318. The molecule has 0 saturated carbocycles. The Morgan fingerprint density at radius 3 is 2.62 bits per heavy atom. The van der Waals surface area contributed by atoms with Gasteiger partial charge in [0.15, 0.2) is 11.8 Å². The molecule has 3 rings (SSSR count). The van der Waals surface area contributed by atoms with Crippen LogP contribution in [0, 0.1) is 6.92 Å². The number of piperidine rings is 1. The van der Waals surface area contributed by atoms with Crippen LogP contribution in [-0.2, 0) is 12.0 Å². The van der Waals surface area contributed by atoms with Crippen molar-refractivity contribution in [1.82, 2.24) is 25.8 Å². The second kappa shape index (κ2) is 9.24. The number of guanidine groups is 1. The lowest BCUT2D eigenvalue weighted by atomic mass is 9.97. The molecular formula is C21H33N7O. The zero-order valence-corrected chi connectivity index (χ0v) is 18.2. The molecule has 29 heavy (non-hydrogen) atoms. The van der Waals surface area contributed by atoms with Gasteiger partial charge in [-0.3, -0.25) is 0 Å². The number of hydrogen-bond donors (Lipinski definition) is 2. The van der Waals surface area contributed by atoms with Crippen LogP contribution in [0.25, 0.3) is 0 Å². The van der Waals surface area contributed by atoms with Gasteiger partial charge in [-0.05, 0) is 38.8 Å². The van der Waals surface area contributed by atoms with E-state index in [1.807, 2.05) is 13.0 Å². The molecule has 0 radical (unpaired) electrons. The van der Waals surface area contributed by atoms with Gasteiger partial charge in [0.1, 0.15) is 12.4 Å². The molecule has 1 aliphatic rings. The van der Waals surface area contributed by atoms with E-state index in [2.05, 4.69) is 75.5 Å². The molecule has 8 heteroatoms. The molecule has 2 aromatic heterocycles. The molecule has 0 spiro atoms. The number of aryl methyl sites for hydroxylation is 1. The molecule has 8 nitrogen and oxygen atoms in total. The second-order valence-electron chi connectivity index (χ2n) is 8.50. The molecular weight excluding hydrogens is 366 g/mol. The molecule has 0 aliphatic carbocycles. The summed E-state index contributed by atoms with van der Waals surface area (Å²) in [6, 6.07) is 6.57. The van der Waals surface area contributed by atoms with E-state index in [0.29, 0.717) is 24.3 Å². The first-order valence-corrected chi connectivity index (χ1v) is 10.4. The minimum atomic E-state index is -0.155. The zero-order chi connectivity index (χ0) is 20.9. The average molecular weight is 400 g/mol. The summed E-state index contributed by atoms with van der Waals surface area (Å²) in [5.41, 5.74) is 0.901. The lowest BCUT2D eigenvalue weighted by Crippen LogP contribution is -2.49. The summed E-state index contributed by atoms with van der Waals surface area (Å²) in [5.74, 6) is 3.10. The number of nitrogens with zero attached hydrogens (tertiary/aromatic N) is 5. The van der Waals surface area contributed by atoms with Crippen molar-refractivity contribution >= 4 is 11.8 Å². The Labute approximate surface area is 173 Å². The Morgan fingerprint density at radius 2 is 2.00 bits per heavy atom. The van der Waals surface area contributed by atoms with E-state index >= 15 is 0 Å². The van der Waals surface area contributed by atoms with Crippen LogP contribution in [0.1, 0.15) is 57.9 Å². The molecule has 2 aromatic rings. The van der Waals surface area contributed by atoms with E-state index in [1.165, 1.54) is 0 Å². The number of anilines is 1. The van der Waals surface area contributed by atoms with E-state index in [1.54, 1.807) is 0 Å². The smallest absolute Gasteiger partial charge is 0.232 e. The van der Waals surface area contributed by atoms with Crippen LogP contribution < -0.4 is 15.5 Å². The quantitative estimate of drug-likeness (QED) is 0.590. The van der Waals surface area contributed by atoms with Gasteiger partial charge in [-0.25, -0.2) is 9.98 Å². The molecule has 0 amide bonds. The standard InChI is InChI=1S/C21H33N7O/c1-6-22-20(23-14-17-26-19(29-27-17)21(3,4)5)25-16-10-12-28(13-11-16)18-9-7-8-15(2)24-18/h7-9,16H,6,10-14H2,1-5H3,(H2,22,23,25). The van der Waals surface area contributed by atoms with E-state index in [0.717, 1.165) is 49.9 Å². The minimum Gasteiger partial charge on any atom is -0.357 e. The highest BCUT2D eigenvalue weighted by atomic mass is 16.5. The monoisotopic (exact) mass is 399 g/mol. The predicted molar refractivity (Wildman–Crippen MR) is 115 cm³/mol. The Balaban J connectivity index is 1.55. The van der Waals surface area contributed by atoms with Crippen molar-refractivity contribution in [3.8, 4) is 0 Å². The number of hydrogen-bond acceptors (Lipinski definition) is 6. The molecule has 1 aliphatic heterocycles. The van der Waals surface area contributed by atoms with Gasteiger partial charge in [-0.15, -0.1) is 0 Å². The van der Waals surface area contributed by atoms with Crippen molar-refractivity contribution in [2.24, 2.45) is 4.99 Å². The van der Waals surface area contributed by atoms with E-state index in [9.17, 15) is 0 Å². The van der Waals surface area contributed by atoms with Gasteiger partial charge in [-0.1, -0.05) is 32.0 Å². The fourth-order valence-corrected chi connectivity index (χ4v) is 3.24. The summed E-state index contributed by atoms with van der Waals surface area (Å²) >= 11 is 0. The van der Waals surface area contributed by atoms with Gasteiger partial charge in [0.25, 0.3) is 0 Å². The fraction of sp³-hybridized carbons (Fsp3) is 0.619. The van der Waals surface area contributed by atoms with Crippen LogP contribution in [0.5, 0.6) is 0 Å². The molecule has 2 N–H and O–H groups in total. The molecule has 1 fully saturated rings. The normalized spacial score (nSPS) is 16.2. The topological polar surface area (TPSA) is 91.5 Å². The predicted octanol–water partition coefficient (Wildman–Crippen LogP) is 2.79. The van der Waals surface area contributed by atoms with E-state index < -0.39 is 0 Å². The number of aromatic nitrogens is 3. The van der Waals surface area contributed by atoms with Gasteiger partial charge in [0.2, 0.25) is 5.89 Å². The summed E-state index contributed by atoms with van der Waals surface area (Å²) in [7, 11) is 0. The summed E-state index contributed by atoms with van der Waals surface area (Å²) in [5, 5.41) is 10.9. The van der Waals surface area contributed by atoms with E-state index in [-0.39, 0.29) is 5.41 Å². The molecule has 0 aromatic carbocycles. The summed E-state index contributed by atoms with van der Waals surface area (Å²) in [6.45, 7) is 13.4. The largest absolute Gasteiger partial charge is 0.357 e. The highest BCUT2D eigenvalue weighted by Crippen LogP contribution is 2.20. The third-order valence-electron chi connectivity index (χ3n) is 4.87. The molecule has 158 valence electrons. The molecule has 1 saturated heterocycles. The van der Waals surface area contributed by atoms with Crippen molar-refractivity contribution in [1.29, 1.82) is 0 Å². The minimum absolute atomic E-state index is 0.155. The van der Waals surface area contributed by atoms with Gasteiger partial charge in [0.05, 0.1) is 0 Å². The Morgan fingerprint density at radius 1 is 1.24 bits per heavy atom. The number of rotatable bonds is 5. The molecule has 0 unspecified atom stereocenters. The summed E-state index contributed by atoms with van der Waals surface area (Å²) in [6.07, 6.45) is 2.08. The van der Waals surface area contributed by atoms with E-state index in [4.69, 9.17) is 4.52 Å². The SMILES string of the molecule is CCNC(=NCc1noc(C(C)(C)C)n1)NC1CCN(c2cccc(C)n2)CC1. The summed E-state index contributed by atoms with van der Waals surface area (Å²) in [4.78, 5) is 16.1. The number of aliphatic imine (C=N–C) groups is 1. The molecule has 0 bridgehead atoms. The van der Waals surface area contributed by atoms with Gasteiger partial charge >= 0.3 is 0 Å². The van der Waals surface area contributed by atoms with Crippen LogP contribution in [0.2, 0.25) is 0 Å². The third-order valence-corrected chi connectivity index (χ3v) is 4.87. The van der Waals surface area contributed by atoms with Gasteiger partial charge in [-0.2, -0.15) is 4.98 Å². The molecule has 3 heterocycles. The second-order valence-corrected chi connectivity index (χ2v) is 8.50. The van der Waals surface area contributed by atoms with Gasteiger partial charge in [0, 0.05) is 36.8 Å². The maximum atomic E-state index is 5.35. The maximum Gasteiger partial charge on any atom is 0.232 e. The first-order chi connectivity index (χ1) is 13.8. The zero-order valence-electron chi connectivity index (χ0n) is 18.2. The number of pyridine rings is 1. The van der Waals surface area contributed by atoms with Crippen molar-refractivity contribution in [2.75, 3.05) is 24.5 Å². The van der Waals surface area contributed by atoms with Crippen LogP contribution in [0.3, 0.4) is 0 Å².